The molecule has 0 aliphatic heterocycles. The lowest BCUT2D eigenvalue weighted by atomic mass is 9.91. The fourth-order valence-corrected chi connectivity index (χ4v) is 2.66. The third-order valence-corrected chi connectivity index (χ3v) is 3.59. The molecule has 22 heavy (non-hydrogen) atoms. The van der Waals surface area contributed by atoms with E-state index < -0.39 is 5.60 Å². The lowest BCUT2D eigenvalue weighted by molar-refractivity contribution is 0.0488. The maximum absolute atomic E-state index is 11.8. The van der Waals surface area contributed by atoms with Gasteiger partial charge in [-0.15, -0.1) is 0 Å². The minimum Gasteiger partial charge on any atom is -0.444 e. The minimum atomic E-state index is -0.456. The van der Waals surface area contributed by atoms with E-state index in [1.54, 1.807) is 6.20 Å². The van der Waals surface area contributed by atoms with Gasteiger partial charge in [-0.1, -0.05) is 0 Å². The topological polar surface area (TPSA) is 76.1 Å². The van der Waals surface area contributed by atoms with Crippen molar-refractivity contribution >= 4 is 6.09 Å². The predicted molar refractivity (Wildman–Crippen MR) is 84.3 cm³/mol. The molecule has 0 radical (unpaired) electrons. The third-order valence-electron chi connectivity index (χ3n) is 3.59. The van der Waals surface area contributed by atoms with Crippen LogP contribution in [0.25, 0.3) is 0 Å². The zero-order chi connectivity index (χ0) is 16.0. The van der Waals surface area contributed by atoms with Gasteiger partial charge in [0, 0.05) is 24.8 Å². The fraction of sp³-hybridized carbons (Fsp3) is 0.688. The Morgan fingerprint density at radius 1 is 1.36 bits per heavy atom. The number of amides is 1. The van der Waals surface area contributed by atoms with E-state index in [0.717, 1.165) is 31.4 Å². The van der Waals surface area contributed by atoms with Crippen LogP contribution in [0.15, 0.2) is 18.3 Å². The van der Waals surface area contributed by atoms with Crippen LogP contribution in [0.5, 0.6) is 0 Å². The summed E-state index contributed by atoms with van der Waals surface area (Å²) < 4.78 is 5.32. The van der Waals surface area contributed by atoms with Crippen LogP contribution < -0.4 is 10.6 Å². The molecule has 1 aliphatic carbocycles. The zero-order valence-electron chi connectivity index (χ0n) is 13.6. The molecule has 2 N–H and O–H groups in total. The second-order valence-electron chi connectivity index (χ2n) is 6.80. The number of carbonyl (C=O) groups excluding carboxylic acids is 1. The van der Waals surface area contributed by atoms with Crippen LogP contribution in [0.2, 0.25) is 0 Å². The molecule has 2 unspecified atom stereocenters. The number of aromatic nitrogens is 2. The SMILES string of the molecule is CC(C)(C)OC(=O)NC1CCCC(NCc2cccnn2)C1. The van der Waals surface area contributed by atoms with E-state index in [4.69, 9.17) is 4.74 Å². The molecule has 1 aromatic rings. The number of alkyl carbamates (subject to hydrolysis) is 1. The zero-order valence-corrected chi connectivity index (χ0v) is 13.6. The van der Waals surface area contributed by atoms with Crippen LogP contribution in [-0.2, 0) is 11.3 Å². The summed E-state index contributed by atoms with van der Waals surface area (Å²) in [5.74, 6) is 0. The van der Waals surface area contributed by atoms with Crippen molar-refractivity contribution < 1.29 is 9.53 Å². The van der Waals surface area contributed by atoms with Crippen molar-refractivity contribution in [3.05, 3.63) is 24.0 Å². The highest BCUT2D eigenvalue weighted by molar-refractivity contribution is 5.68. The number of hydrogen-bond acceptors (Lipinski definition) is 5. The Morgan fingerprint density at radius 3 is 2.82 bits per heavy atom. The molecule has 1 saturated carbocycles. The molecule has 6 heteroatoms. The molecule has 0 aromatic carbocycles. The average Bonchev–Trinajstić information content (AvgIpc) is 2.44. The number of nitrogens with zero attached hydrogens (tertiary/aromatic N) is 2. The van der Waals surface area contributed by atoms with Gasteiger partial charge in [-0.25, -0.2) is 4.79 Å². The normalized spacial score (nSPS) is 22.1. The van der Waals surface area contributed by atoms with Crippen molar-refractivity contribution in [2.45, 2.75) is 70.7 Å². The quantitative estimate of drug-likeness (QED) is 0.893. The van der Waals surface area contributed by atoms with E-state index in [0.29, 0.717) is 12.6 Å². The summed E-state index contributed by atoms with van der Waals surface area (Å²) in [5.41, 5.74) is 0.479. The number of rotatable bonds is 4. The molecule has 0 spiro atoms. The van der Waals surface area contributed by atoms with E-state index >= 15 is 0 Å². The third kappa shape index (κ3) is 5.97. The molecule has 2 rings (SSSR count). The van der Waals surface area contributed by atoms with Crippen LogP contribution in [0.3, 0.4) is 0 Å². The standard InChI is InChI=1S/C16H26N4O2/c1-16(2,3)22-15(21)19-13-7-4-6-12(10-13)17-11-14-8-5-9-18-20-14/h5,8-9,12-13,17H,4,6-7,10-11H2,1-3H3,(H,19,21). The lowest BCUT2D eigenvalue weighted by Crippen LogP contribution is -2.45. The summed E-state index contributed by atoms with van der Waals surface area (Å²) >= 11 is 0. The Labute approximate surface area is 132 Å². The average molecular weight is 306 g/mol. The lowest BCUT2D eigenvalue weighted by Gasteiger charge is -2.31. The van der Waals surface area contributed by atoms with E-state index in [1.807, 2.05) is 32.9 Å². The molecule has 0 bridgehead atoms. The number of nitrogens with one attached hydrogen (secondary N) is 2. The molecule has 1 amide bonds. The van der Waals surface area contributed by atoms with Crippen molar-refractivity contribution in [1.82, 2.24) is 20.8 Å². The molecule has 1 heterocycles. The molecule has 6 nitrogen and oxygen atoms in total. The minimum absolute atomic E-state index is 0.169. The Hall–Kier alpha value is -1.69. The summed E-state index contributed by atoms with van der Waals surface area (Å²) in [5, 5.41) is 14.4. The fourth-order valence-electron chi connectivity index (χ4n) is 2.66. The van der Waals surface area contributed by atoms with Crippen LogP contribution in [0.1, 0.15) is 52.1 Å². The van der Waals surface area contributed by atoms with Crippen molar-refractivity contribution in [3.63, 3.8) is 0 Å². The van der Waals surface area contributed by atoms with Gasteiger partial charge < -0.3 is 15.4 Å². The van der Waals surface area contributed by atoms with Crippen molar-refractivity contribution in [1.29, 1.82) is 0 Å². The largest absolute Gasteiger partial charge is 0.444 e. The van der Waals surface area contributed by atoms with Gasteiger partial charge in [0.05, 0.1) is 5.69 Å². The van der Waals surface area contributed by atoms with Crippen molar-refractivity contribution in [2.75, 3.05) is 0 Å². The van der Waals surface area contributed by atoms with Gasteiger partial charge in [-0.3, -0.25) is 0 Å². The van der Waals surface area contributed by atoms with E-state index in [9.17, 15) is 4.79 Å². The van der Waals surface area contributed by atoms with Crippen LogP contribution in [0, 0.1) is 0 Å². The summed E-state index contributed by atoms with van der Waals surface area (Å²) in [7, 11) is 0. The summed E-state index contributed by atoms with van der Waals surface area (Å²) in [6.45, 7) is 6.33. The van der Waals surface area contributed by atoms with Gasteiger partial charge in [0.1, 0.15) is 5.60 Å². The second-order valence-corrected chi connectivity index (χ2v) is 6.80. The Balaban J connectivity index is 1.75. The first-order valence-electron chi connectivity index (χ1n) is 7.92. The maximum Gasteiger partial charge on any atom is 0.407 e. The van der Waals surface area contributed by atoms with Gasteiger partial charge in [0.25, 0.3) is 0 Å². The molecule has 122 valence electrons. The molecule has 2 atom stereocenters. The molecule has 1 aromatic heterocycles. The Bertz CT molecular complexity index is 473. The first-order valence-corrected chi connectivity index (χ1v) is 7.92. The Morgan fingerprint density at radius 2 is 2.14 bits per heavy atom. The molecule has 1 fully saturated rings. The highest BCUT2D eigenvalue weighted by Gasteiger charge is 2.25. The van der Waals surface area contributed by atoms with Gasteiger partial charge in [0.15, 0.2) is 0 Å². The van der Waals surface area contributed by atoms with Crippen LogP contribution in [-0.4, -0.2) is 34.0 Å². The van der Waals surface area contributed by atoms with E-state index in [1.165, 1.54) is 0 Å². The van der Waals surface area contributed by atoms with E-state index in [-0.39, 0.29) is 12.1 Å². The first kappa shape index (κ1) is 16.7. The molecule has 0 saturated heterocycles. The number of hydrogen-bond donors (Lipinski definition) is 2. The number of carbonyl (C=O) groups is 1. The van der Waals surface area contributed by atoms with Gasteiger partial charge in [-0.05, 0) is 58.6 Å². The first-order chi connectivity index (χ1) is 10.4. The second kappa shape index (κ2) is 7.54. The van der Waals surface area contributed by atoms with E-state index in [2.05, 4.69) is 20.8 Å². The van der Waals surface area contributed by atoms with Gasteiger partial charge >= 0.3 is 6.09 Å². The monoisotopic (exact) mass is 306 g/mol. The van der Waals surface area contributed by atoms with Crippen LogP contribution >= 0.6 is 0 Å². The van der Waals surface area contributed by atoms with Crippen molar-refractivity contribution in [2.24, 2.45) is 0 Å². The Kier molecular flexibility index (Phi) is 5.71. The highest BCUT2D eigenvalue weighted by atomic mass is 16.6. The maximum atomic E-state index is 11.8. The number of ether oxygens (including phenoxy) is 1. The summed E-state index contributed by atoms with van der Waals surface area (Å²) in [4.78, 5) is 11.8. The summed E-state index contributed by atoms with van der Waals surface area (Å²) in [6.07, 6.45) is 5.48. The summed E-state index contributed by atoms with van der Waals surface area (Å²) in [6, 6.07) is 4.40. The highest BCUT2D eigenvalue weighted by Crippen LogP contribution is 2.19. The van der Waals surface area contributed by atoms with Gasteiger partial charge in [-0.2, -0.15) is 10.2 Å². The molecular formula is C16H26N4O2. The smallest absolute Gasteiger partial charge is 0.407 e. The van der Waals surface area contributed by atoms with Gasteiger partial charge in [0.2, 0.25) is 0 Å². The van der Waals surface area contributed by atoms with Crippen molar-refractivity contribution in [3.8, 4) is 0 Å². The molecular weight excluding hydrogens is 280 g/mol. The molecule has 1 aliphatic rings. The predicted octanol–water partition coefficient (Wildman–Crippen LogP) is 2.40. The van der Waals surface area contributed by atoms with Crippen LogP contribution in [0.4, 0.5) is 4.79 Å².